The van der Waals surface area contributed by atoms with E-state index in [2.05, 4.69) is 17.1 Å². The highest BCUT2D eigenvalue weighted by Crippen LogP contribution is 2.15. The van der Waals surface area contributed by atoms with Crippen molar-refractivity contribution in [3.63, 3.8) is 0 Å². The van der Waals surface area contributed by atoms with E-state index in [1.165, 1.54) is 32.4 Å². The summed E-state index contributed by atoms with van der Waals surface area (Å²) in [7, 11) is 1.90. The van der Waals surface area contributed by atoms with Crippen LogP contribution in [0.2, 0.25) is 0 Å². The quantitative estimate of drug-likeness (QED) is 0.787. The highest BCUT2D eigenvalue weighted by atomic mass is 16.2. The highest BCUT2D eigenvalue weighted by molar-refractivity contribution is 5.83. The molecule has 98 valence electrons. The molecule has 0 radical (unpaired) electrons. The lowest BCUT2D eigenvalue weighted by atomic mass is 10.1. The van der Waals surface area contributed by atoms with Crippen LogP contribution in [0.1, 0.15) is 32.6 Å². The lowest BCUT2D eigenvalue weighted by molar-refractivity contribution is -0.128. The predicted octanol–water partition coefficient (Wildman–Crippen LogP) is 0.681. The van der Waals surface area contributed by atoms with Crippen LogP contribution in [0.4, 0.5) is 0 Å². The van der Waals surface area contributed by atoms with E-state index >= 15 is 0 Å². The molecule has 1 N–H and O–H groups in total. The third-order valence-corrected chi connectivity index (χ3v) is 4.13. The molecule has 0 aromatic carbocycles. The molecule has 4 nitrogen and oxygen atoms in total. The first kappa shape index (κ1) is 12.8. The van der Waals surface area contributed by atoms with Crippen LogP contribution >= 0.6 is 0 Å². The maximum atomic E-state index is 11.8. The molecule has 0 aromatic heterocycles. The summed E-state index contributed by atoms with van der Waals surface area (Å²) in [6, 6.07) is 0.616. The monoisotopic (exact) mass is 239 g/mol. The zero-order valence-electron chi connectivity index (χ0n) is 11.1. The van der Waals surface area contributed by atoms with Crippen LogP contribution in [-0.2, 0) is 4.79 Å². The van der Waals surface area contributed by atoms with Gasteiger partial charge < -0.3 is 15.1 Å². The summed E-state index contributed by atoms with van der Waals surface area (Å²) in [4.78, 5) is 16.2. The maximum absolute atomic E-state index is 11.8. The normalized spacial score (nSPS) is 31.9. The molecule has 2 heterocycles. The summed E-state index contributed by atoms with van der Waals surface area (Å²) in [5, 5.41) is 3.56. The zero-order valence-corrected chi connectivity index (χ0v) is 11.1. The molecule has 2 rings (SSSR count). The third kappa shape index (κ3) is 3.19. The predicted molar refractivity (Wildman–Crippen MR) is 68.9 cm³/mol. The van der Waals surface area contributed by atoms with Crippen LogP contribution in [0.25, 0.3) is 0 Å². The van der Waals surface area contributed by atoms with Gasteiger partial charge in [-0.2, -0.15) is 0 Å². The summed E-state index contributed by atoms with van der Waals surface area (Å²) in [5.74, 6) is 0.279. The second-order valence-corrected chi connectivity index (χ2v) is 5.33. The van der Waals surface area contributed by atoms with Gasteiger partial charge in [-0.1, -0.05) is 6.92 Å². The largest absolute Gasteiger partial charge is 0.344 e. The Morgan fingerprint density at radius 3 is 2.71 bits per heavy atom. The number of amides is 1. The number of carbonyl (C=O) groups excluding carboxylic acids is 1. The molecule has 2 unspecified atom stereocenters. The molecule has 4 heteroatoms. The summed E-state index contributed by atoms with van der Waals surface area (Å²) in [6.45, 7) is 6.67. The van der Waals surface area contributed by atoms with Crippen LogP contribution in [0.3, 0.4) is 0 Å². The van der Waals surface area contributed by atoms with E-state index in [4.69, 9.17) is 0 Å². The van der Waals surface area contributed by atoms with Gasteiger partial charge in [-0.15, -0.1) is 0 Å². The van der Waals surface area contributed by atoms with Crippen molar-refractivity contribution in [2.75, 3.05) is 33.2 Å². The molecule has 0 saturated carbocycles. The van der Waals surface area contributed by atoms with Gasteiger partial charge in [0.05, 0.1) is 6.04 Å². The third-order valence-electron chi connectivity index (χ3n) is 4.13. The van der Waals surface area contributed by atoms with Crippen molar-refractivity contribution < 1.29 is 4.79 Å². The molecule has 2 fully saturated rings. The number of hydrogen-bond acceptors (Lipinski definition) is 3. The molecule has 2 atom stereocenters. The van der Waals surface area contributed by atoms with Crippen LogP contribution in [-0.4, -0.2) is 61.0 Å². The number of carbonyl (C=O) groups is 1. The van der Waals surface area contributed by atoms with Gasteiger partial charge in [-0.3, -0.25) is 4.79 Å². The molecule has 2 saturated heterocycles. The fraction of sp³-hybridized carbons (Fsp3) is 0.923. The zero-order chi connectivity index (χ0) is 12.3. The van der Waals surface area contributed by atoms with Gasteiger partial charge in [-0.25, -0.2) is 0 Å². The summed E-state index contributed by atoms with van der Waals surface area (Å²) < 4.78 is 0. The Balaban J connectivity index is 1.81. The molecule has 17 heavy (non-hydrogen) atoms. The van der Waals surface area contributed by atoms with Gasteiger partial charge in [0.2, 0.25) is 5.91 Å². The molecule has 0 aliphatic carbocycles. The van der Waals surface area contributed by atoms with Crippen molar-refractivity contribution in [2.24, 2.45) is 0 Å². The van der Waals surface area contributed by atoms with E-state index in [0.717, 1.165) is 19.5 Å². The first-order valence-corrected chi connectivity index (χ1v) is 6.94. The van der Waals surface area contributed by atoms with Gasteiger partial charge >= 0.3 is 0 Å². The Bertz CT molecular complexity index is 269. The highest BCUT2D eigenvalue weighted by Gasteiger charge is 2.30. The van der Waals surface area contributed by atoms with E-state index in [9.17, 15) is 4.79 Å². The van der Waals surface area contributed by atoms with Crippen molar-refractivity contribution >= 4 is 5.91 Å². The summed E-state index contributed by atoms with van der Waals surface area (Å²) >= 11 is 0. The summed E-state index contributed by atoms with van der Waals surface area (Å²) in [6.07, 6.45) is 4.62. The van der Waals surface area contributed by atoms with Gasteiger partial charge in [0, 0.05) is 19.6 Å². The first-order valence-electron chi connectivity index (χ1n) is 6.94. The average Bonchev–Trinajstić information content (AvgIpc) is 2.58. The molecule has 1 amide bonds. The molecule has 0 aromatic rings. The first-order chi connectivity index (χ1) is 8.20. The van der Waals surface area contributed by atoms with E-state index in [-0.39, 0.29) is 11.9 Å². The Morgan fingerprint density at radius 1 is 1.24 bits per heavy atom. The van der Waals surface area contributed by atoms with Gasteiger partial charge in [0.15, 0.2) is 0 Å². The number of rotatable bonds is 3. The lowest BCUT2D eigenvalue weighted by Crippen LogP contribution is -2.43. The minimum absolute atomic E-state index is 0.0816. The van der Waals surface area contributed by atoms with Gasteiger partial charge in [0.1, 0.15) is 0 Å². The molecule has 2 aliphatic rings. The Hall–Kier alpha value is -0.610. The van der Waals surface area contributed by atoms with Crippen molar-refractivity contribution in [1.82, 2.24) is 15.1 Å². The van der Waals surface area contributed by atoms with E-state index in [0.29, 0.717) is 6.04 Å². The Kier molecular flexibility index (Phi) is 4.40. The number of likely N-dealkylation sites (tertiary alicyclic amines) is 2. The Morgan fingerprint density at radius 2 is 2.06 bits per heavy atom. The van der Waals surface area contributed by atoms with Crippen LogP contribution in [0, 0.1) is 0 Å². The number of nitrogens with zero attached hydrogens (tertiary/aromatic N) is 2. The SMILES string of the molecule is CCN1CCCC(NC2CCN(C)C2=O)CC1. The van der Waals surface area contributed by atoms with Gasteiger partial charge in [-0.05, 0) is 45.3 Å². The van der Waals surface area contributed by atoms with Crippen LogP contribution < -0.4 is 5.32 Å². The van der Waals surface area contributed by atoms with Crippen LogP contribution in [0.15, 0.2) is 0 Å². The van der Waals surface area contributed by atoms with Crippen LogP contribution in [0.5, 0.6) is 0 Å². The van der Waals surface area contributed by atoms with Crippen molar-refractivity contribution in [2.45, 2.75) is 44.7 Å². The van der Waals surface area contributed by atoms with E-state index < -0.39 is 0 Å². The van der Waals surface area contributed by atoms with Crippen molar-refractivity contribution in [1.29, 1.82) is 0 Å². The molecular weight excluding hydrogens is 214 g/mol. The number of nitrogens with one attached hydrogen (secondary N) is 1. The fourth-order valence-electron chi connectivity index (χ4n) is 2.90. The van der Waals surface area contributed by atoms with E-state index in [1.807, 2.05) is 11.9 Å². The lowest BCUT2D eigenvalue weighted by Gasteiger charge is -2.21. The number of likely N-dealkylation sites (N-methyl/N-ethyl adjacent to an activating group) is 1. The second kappa shape index (κ2) is 5.83. The van der Waals surface area contributed by atoms with E-state index in [1.54, 1.807) is 0 Å². The smallest absolute Gasteiger partial charge is 0.239 e. The maximum Gasteiger partial charge on any atom is 0.239 e. The summed E-state index contributed by atoms with van der Waals surface area (Å²) in [5.41, 5.74) is 0. The number of hydrogen-bond donors (Lipinski definition) is 1. The fourth-order valence-corrected chi connectivity index (χ4v) is 2.90. The molecule has 0 spiro atoms. The minimum Gasteiger partial charge on any atom is -0.344 e. The average molecular weight is 239 g/mol. The van der Waals surface area contributed by atoms with Crippen molar-refractivity contribution in [3.05, 3.63) is 0 Å². The minimum atomic E-state index is 0.0816. The van der Waals surface area contributed by atoms with Crippen molar-refractivity contribution in [3.8, 4) is 0 Å². The molecule has 0 bridgehead atoms. The molecule has 2 aliphatic heterocycles. The topological polar surface area (TPSA) is 35.6 Å². The molecular formula is C13H25N3O. The Labute approximate surface area is 104 Å². The standard InChI is InChI=1S/C13H25N3O/c1-3-16-8-4-5-11(6-10-16)14-12-7-9-15(2)13(12)17/h11-12,14H,3-10H2,1-2H3. The second-order valence-electron chi connectivity index (χ2n) is 5.33. The van der Waals surface area contributed by atoms with Gasteiger partial charge in [0.25, 0.3) is 0 Å².